The second kappa shape index (κ2) is 7.62. The van der Waals surface area contributed by atoms with Gasteiger partial charge in [-0.25, -0.2) is 17.9 Å². The lowest BCUT2D eigenvalue weighted by molar-refractivity contribution is -0.124. The number of hydrogen-bond donors (Lipinski definition) is 2. The molecule has 2 rings (SSSR count). The first-order valence-electron chi connectivity index (χ1n) is 7.47. The molecule has 1 saturated carbocycles. The summed E-state index contributed by atoms with van der Waals surface area (Å²) >= 11 is 3.19. The molecule has 0 saturated heterocycles. The Bertz CT molecular complexity index is 744. The third kappa shape index (κ3) is 5.29. The lowest BCUT2D eigenvalue weighted by Gasteiger charge is -2.12. The topological polar surface area (TPSA) is 102 Å². The van der Waals surface area contributed by atoms with Crippen LogP contribution in [0.3, 0.4) is 0 Å². The summed E-state index contributed by atoms with van der Waals surface area (Å²) in [6.07, 6.45) is 1.88. The van der Waals surface area contributed by atoms with Crippen molar-refractivity contribution in [3.8, 4) is 0 Å². The zero-order chi connectivity index (χ0) is 17.9. The van der Waals surface area contributed by atoms with Crippen molar-refractivity contribution in [3.05, 3.63) is 28.2 Å². The highest BCUT2D eigenvalue weighted by atomic mass is 79.9. The Morgan fingerprint density at radius 1 is 1.33 bits per heavy atom. The maximum absolute atomic E-state index is 12.2. The molecule has 1 fully saturated rings. The Labute approximate surface area is 149 Å². The van der Waals surface area contributed by atoms with Crippen LogP contribution < -0.4 is 10.0 Å². The number of nitrogens with one attached hydrogen (secondary N) is 2. The normalized spacial score (nSPS) is 14.5. The Kier molecular flexibility index (Phi) is 6.00. The molecule has 7 nitrogen and oxygen atoms in total. The van der Waals surface area contributed by atoms with Gasteiger partial charge in [0.1, 0.15) is 0 Å². The first-order chi connectivity index (χ1) is 11.2. The van der Waals surface area contributed by atoms with E-state index in [-0.39, 0.29) is 28.4 Å². The van der Waals surface area contributed by atoms with E-state index < -0.39 is 22.6 Å². The van der Waals surface area contributed by atoms with Crippen molar-refractivity contribution in [1.82, 2.24) is 10.0 Å². The Morgan fingerprint density at radius 3 is 2.58 bits per heavy atom. The molecular formula is C15H19BrN2O5S. The number of rotatable bonds is 7. The molecule has 132 valence electrons. The molecule has 0 bridgehead atoms. The van der Waals surface area contributed by atoms with Crippen molar-refractivity contribution in [1.29, 1.82) is 0 Å². The average Bonchev–Trinajstić information content (AvgIpc) is 3.27. The number of sulfonamides is 1. The Balaban J connectivity index is 2.09. The van der Waals surface area contributed by atoms with E-state index in [4.69, 9.17) is 4.74 Å². The Hall–Kier alpha value is -1.45. The zero-order valence-electron chi connectivity index (χ0n) is 13.3. The largest absolute Gasteiger partial charge is 0.452 e. The molecule has 0 aliphatic heterocycles. The minimum atomic E-state index is -3.73. The van der Waals surface area contributed by atoms with Crippen LogP contribution in [-0.4, -0.2) is 39.0 Å². The molecule has 0 atom stereocenters. The van der Waals surface area contributed by atoms with Gasteiger partial charge in [-0.1, -0.05) is 0 Å². The second-order valence-electron chi connectivity index (χ2n) is 5.84. The van der Waals surface area contributed by atoms with Crippen LogP contribution in [-0.2, 0) is 19.6 Å². The van der Waals surface area contributed by atoms with Crippen molar-refractivity contribution in [3.63, 3.8) is 0 Å². The molecule has 0 heterocycles. The summed E-state index contributed by atoms with van der Waals surface area (Å²) in [4.78, 5) is 23.6. The van der Waals surface area contributed by atoms with Crippen LogP contribution in [0.1, 0.15) is 37.0 Å². The van der Waals surface area contributed by atoms with Crippen LogP contribution in [0.15, 0.2) is 27.6 Å². The summed E-state index contributed by atoms with van der Waals surface area (Å²) in [7, 11) is -3.73. The van der Waals surface area contributed by atoms with Gasteiger partial charge in [0.05, 0.1) is 10.5 Å². The Morgan fingerprint density at radius 2 is 2.00 bits per heavy atom. The molecule has 24 heavy (non-hydrogen) atoms. The quantitative estimate of drug-likeness (QED) is 0.654. The number of carbonyl (C=O) groups excluding carboxylic acids is 2. The maximum Gasteiger partial charge on any atom is 0.339 e. The first-order valence-corrected chi connectivity index (χ1v) is 9.75. The second-order valence-corrected chi connectivity index (χ2v) is 8.40. The predicted octanol–water partition coefficient (Wildman–Crippen LogP) is 1.57. The van der Waals surface area contributed by atoms with Gasteiger partial charge >= 0.3 is 5.97 Å². The SMILES string of the molecule is CC(C)NS(=O)(=O)c1ccc(Br)c(C(=O)OCC(=O)NC2CC2)c1. The predicted molar refractivity (Wildman–Crippen MR) is 91.0 cm³/mol. The van der Waals surface area contributed by atoms with E-state index in [0.29, 0.717) is 4.47 Å². The van der Waals surface area contributed by atoms with Crippen LogP contribution in [0.25, 0.3) is 0 Å². The summed E-state index contributed by atoms with van der Waals surface area (Å²) in [6, 6.07) is 3.95. The standard InChI is InChI=1S/C15H19BrN2O5S/c1-9(2)18-24(21,22)11-5-6-13(16)12(7-11)15(20)23-8-14(19)17-10-3-4-10/h5-7,9-10,18H,3-4,8H2,1-2H3,(H,17,19). The number of hydrogen-bond acceptors (Lipinski definition) is 5. The monoisotopic (exact) mass is 418 g/mol. The molecule has 1 aliphatic rings. The van der Waals surface area contributed by atoms with Gasteiger partial charge in [0.25, 0.3) is 5.91 Å². The lowest BCUT2D eigenvalue weighted by atomic mass is 10.2. The van der Waals surface area contributed by atoms with Gasteiger partial charge < -0.3 is 10.1 Å². The molecule has 1 aromatic carbocycles. The number of carbonyl (C=O) groups is 2. The summed E-state index contributed by atoms with van der Waals surface area (Å²) < 4.78 is 32.1. The minimum Gasteiger partial charge on any atom is -0.452 e. The zero-order valence-corrected chi connectivity index (χ0v) is 15.7. The fraction of sp³-hybridized carbons (Fsp3) is 0.467. The van der Waals surface area contributed by atoms with Gasteiger partial charge in [-0.3, -0.25) is 4.79 Å². The van der Waals surface area contributed by atoms with Crippen LogP contribution in [0.2, 0.25) is 0 Å². The lowest BCUT2D eigenvalue weighted by Crippen LogP contribution is -2.31. The van der Waals surface area contributed by atoms with E-state index in [1.807, 2.05) is 0 Å². The summed E-state index contributed by atoms with van der Waals surface area (Å²) in [5.74, 6) is -1.14. The van der Waals surface area contributed by atoms with Gasteiger partial charge in [-0.2, -0.15) is 0 Å². The summed E-state index contributed by atoms with van der Waals surface area (Å²) in [5.41, 5.74) is 0.0425. The molecule has 0 aromatic heterocycles. The maximum atomic E-state index is 12.2. The third-order valence-corrected chi connectivity index (χ3v) is 5.48. The van der Waals surface area contributed by atoms with E-state index in [1.54, 1.807) is 13.8 Å². The van der Waals surface area contributed by atoms with E-state index in [9.17, 15) is 18.0 Å². The van der Waals surface area contributed by atoms with Gasteiger partial charge in [0.2, 0.25) is 10.0 Å². The van der Waals surface area contributed by atoms with Crippen molar-refractivity contribution < 1.29 is 22.7 Å². The number of halogens is 1. The van der Waals surface area contributed by atoms with Gasteiger partial charge in [-0.15, -0.1) is 0 Å². The molecule has 0 radical (unpaired) electrons. The van der Waals surface area contributed by atoms with E-state index in [2.05, 4.69) is 26.0 Å². The highest BCUT2D eigenvalue weighted by Gasteiger charge is 2.24. The van der Waals surface area contributed by atoms with Crippen LogP contribution in [0, 0.1) is 0 Å². The average molecular weight is 419 g/mol. The van der Waals surface area contributed by atoms with E-state index >= 15 is 0 Å². The van der Waals surface area contributed by atoms with Crippen molar-refractivity contribution in [2.45, 2.75) is 43.7 Å². The molecule has 9 heteroatoms. The van der Waals surface area contributed by atoms with E-state index in [1.165, 1.54) is 18.2 Å². The number of esters is 1. The first kappa shape index (κ1) is 18.9. The van der Waals surface area contributed by atoms with E-state index in [0.717, 1.165) is 12.8 Å². The van der Waals surface area contributed by atoms with Crippen LogP contribution >= 0.6 is 15.9 Å². The number of benzene rings is 1. The fourth-order valence-electron chi connectivity index (χ4n) is 1.91. The number of ether oxygens (including phenoxy) is 1. The van der Waals surface area contributed by atoms with Crippen LogP contribution in [0.5, 0.6) is 0 Å². The third-order valence-electron chi connectivity index (χ3n) is 3.14. The highest BCUT2D eigenvalue weighted by Crippen LogP contribution is 2.22. The van der Waals surface area contributed by atoms with Crippen molar-refractivity contribution >= 4 is 37.8 Å². The molecule has 0 unspecified atom stereocenters. The van der Waals surface area contributed by atoms with Crippen molar-refractivity contribution in [2.24, 2.45) is 0 Å². The highest BCUT2D eigenvalue weighted by molar-refractivity contribution is 9.10. The molecule has 2 N–H and O–H groups in total. The van der Waals surface area contributed by atoms with Gasteiger partial charge in [0, 0.05) is 16.6 Å². The van der Waals surface area contributed by atoms with Crippen molar-refractivity contribution in [2.75, 3.05) is 6.61 Å². The number of amides is 1. The van der Waals surface area contributed by atoms with Gasteiger partial charge in [0.15, 0.2) is 6.61 Å². The summed E-state index contributed by atoms with van der Waals surface area (Å²) in [5, 5.41) is 2.70. The minimum absolute atomic E-state index is 0.0425. The molecule has 1 aromatic rings. The molecular weight excluding hydrogens is 400 g/mol. The molecule has 1 amide bonds. The van der Waals surface area contributed by atoms with Crippen LogP contribution in [0.4, 0.5) is 0 Å². The fourth-order valence-corrected chi connectivity index (χ4v) is 3.60. The molecule has 0 spiro atoms. The summed E-state index contributed by atoms with van der Waals surface area (Å²) in [6.45, 7) is 3.00. The molecule has 1 aliphatic carbocycles. The smallest absolute Gasteiger partial charge is 0.339 e. The van der Waals surface area contributed by atoms with Gasteiger partial charge in [-0.05, 0) is 60.8 Å².